The molecule has 0 saturated carbocycles. The number of amides is 2. The second-order valence-electron chi connectivity index (χ2n) is 6.82. The molecule has 0 atom stereocenters. The molecule has 0 radical (unpaired) electrons. The summed E-state index contributed by atoms with van der Waals surface area (Å²) in [7, 11) is 1.34. The first-order chi connectivity index (χ1) is 11.8. The Hall–Kier alpha value is -2.82. The van der Waals surface area contributed by atoms with Gasteiger partial charge in [-0.25, -0.2) is 9.59 Å². The van der Waals surface area contributed by atoms with E-state index in [2.05, 4.69) is 36.1 Å². The van der Waals surface area contributed by atoms with Gasteiger partial charge in [0.15, 0.2) is 0 Å². The van der Waals surface area contributed by atoms with Crippen molar-refractivity contribution in [3.05, 3.63) is 65.2 Å². The fourth-order valence-corrected chi connectivity index (χ4v) is 2.29. The average Bonchev–Trinajstić information content (AvgIpc) is 2.59. The molecule has 25 heavy (non-hydrogen) atoms. The number of urea groups is 1. The minimum atomic E-state index is -0.379. The molecule has 0 aliphatic heterocycles. The maximum Gasteiger partial charge on any atom is 0.337 e. The third-order valence-corrected chi connectivity index (χ3v) is 3.84. The number of methoxy groups -OCH3 is 1. The zero-order valence-electron chi connectivity index (χ0n) is 15.1. The number of hydrogen-bond acceptors (Lipinski definition) is 3. The Morgan fingerprint density at radius 2 is 1.56 bits per heavy atom. The van der Waals surface area contributed by atoms with E-state index < -0.39 is 0 Å². The number of ether oxygens (including phenoxy) is 1. The molecule has 2 aromatic carbocycles. The molecule has 0 bridgehead atoms. The van der Waals surface area contributed by atoms with Crippen LogP contribution in [0.4, 0.5) is 10.5 Å². The Balaban J connectivity index is 1.87. The average molecular weight is 340 g/mol. The number of carbonyl (C=O) groups is 2. The lowest BCUT2D eigenvalue weighted by Crippen LogP contribution is -2.28. The molecule has 5 nitrogen and oxygen atoms in total. The number of rotatable bonds is 4. The highest BCUT2D eigenvalue weighted by Crippen LogP contribution is 2.23. The van der Waals surface area contributed by atoms with Crippen LogP contribution >= 0.6 is 0 Å². The topological polar surface area (TPSA) is 67.4 Å². The molecule has 2 amide bonds. The first-order valence-corrected chi connectivity index (χ1v) is 8.12. The molecule has 0 fully saturated rings. The van der Waals surface area contributed by atoms with E-state index in [-0.39, 0.29) is 17.4 Å². The highest BCUT2D eigenvalue weighted by atomic mass is 16.5. The van der Waals surface area contributed by atoms with Crippen molar-refractivity contribution in [1.82, 2.24) is 5.32 Å². The lowest BCUT2D eigenvalue weighted by molar-refractivity contribution is 0.0600. The standard InChI is InChI=1S/C20H24N2O3/c1-20(2,3)16-9-11-17(12-10-16)22-19(24)21-13-14-5-7-15(8-6-14)18(23)25-4/h5-12H,13H2,1-4H3,(H2,21,22,24). The van der Waals surface area contributed by atoms with Crippen LogP contribution in [0.15, 0.2) is 48.5 Å². The number of hydrogen-bond donors (Lipinski definition) is 2. The number of nitrogens with one attached hydrogen (secondary N) is 2. The van der Waals surface area contributed by atoms with Gasteiger partial charge >= 0.3 is 12.0 Å². The summed E-state index contributed by atoms with van der Waals surface area (Å²) in [6.45, 7) is 6.81. The van der Waals surface area contributed by atoms with Crippen LogP contribution in [0, 0.1) is 0 Å². The van der Waals surface area contributed by atoms with Crippen molar-refractivity contribution in [2.45, 2.75) is 32.7 Å². The molecule has 0 unspecified atom stereocenters. The Kier molecular flexibility index (Phi) is 5.80. The van der Waals surface area contributed by atoms with E-state index in [9.17, 15) is 9.59 Å². The number of carbonyl (C=O) groups excluding carboxylic acids is 2. The quantitative estimate of drug-likeness (QED) is 0.824. The van der Waals surface area contributed by atoms with Gasteiger partial charge < -0.3 is 15.4 Å². The summed E-state index contributed by atoms with van der Waals surface area (Å²) in [5.41, 5.74) is 3.41. The van der Waals surface area contributed by atoms with Crippen LogP contribution in [0.1, 0.15) is 42.3 Å². The van der Waals surface area contributed by atoms with Crippen LogP contribution < -0.4 is 10.6 Å². The molecule has 0 spiro atoms. The molecular formula is C20H24N2O3. The predicted octanol–water partition coefficient (Wildman–Crippen LogP) is 4.09. The summed E-state index contributed by atoms with van der Waals surface area (Å²) >= 11 is 0. The lowest BCUT2D eigenvalue weighted by atomic mass is 9.87. The summed E-state index contributed by atoms with van der Waals surface area (Å²) < 4.78 is 4.65. The van der Waals surface area contributed by atoms with Crippen LogP contribution in [0.3, 0.4) is 0 Å². The second kappa shape index (κ2) is 7.83. The van der Waals surface area contributed by atoms with E-state index in [1.54, 1.807) is 24.3 Å². The highest BCUT2D eigenvalue weighted by molar-refractivity contribution is 5.90. The summed E-state index contributed by atoms with van der Waals surface area (Å²) in [5, 5.41) is 5.59. The van der Waals surface area contributed by atoms with E-state index in [1.165, 1.54) is 12.7 Å². The normalized spacial score (nSPS) is 10.9. The molecule has 2 rings (SSSR count). The Morgan fingerprint density at radius 3 is 2.08 bits per heavy atom. The maximum atomic E-state index is 12.0. The number of esters is 1. The molecule has 0 aromatic heterocycles. The fourth-order valence-electron chi connectivity index (χ4n) is 2.29. The predicted molar refractivity (Wildman–Crippen MR) is 98.8 cm³/mol. The van der Waals surface area contributed by atoms with Gasteiger partial charge in [-0.05, 0) is 40.8 Å². The van der Waals surface area contributed by atoms with Gasteiger partial charge in [0.2, 0.25) is 0 Å². The van der Waals surface area contributed by atoms with Gasteiger partial charge in [0, 0.05) is 12.2 Å². The molecule has 132 valence electrons. The van der Waals surface area contributed by atoms with Gasteiger partial charge in [-0.1, -0.05) is 45.0 Å². The van der Waals surface area contributed by atoms with E-state index in [4.69, 9.17) is 0 Å². The third-order valence-electron chi connectivity index (χ3n) is 3.84. The molecule has 0 heterocycles. The van der Waals surface area contributed by atoms with Crippen molar-refractivity contribution >= 4 is 17.7 Å². The smallest absolute Gasteiger partial charge is 0.337 e. The van der Waals surface area contributed by atoms with Crippen LogP contribution in [0.5, 0.6) is 0 Å². The van der Waals surface area contributed by atoms with Crippen molar-refractivity contribution in [3.8, 4) is 0 Å². The third kappa shape index (κ3) is 5.35. The molecule has 5 heteroatoms. The molecular weight excluding hydrogens is 316 g/mol. The largest absolute Gasteiger partial charge is 0.465 e. The van der Waals surface area contributed by atoms with E-state index in [0.29, 0.717) is 12.1 Å². The minimum absolute atomic E-state index is 0.0805. The summed E-state index contributed by atoms with van der Waals surface area (Å²) in [4.78, 5) is 23.4. The summed E-state index contributed by atoms with van der Waals surface area (Å²) in [6, 6.07) is 14.5. The molecule has 0 aliphatic carbocycles. The van der Waals surface area contributed by atoms with Crippen molar-refractivity contribution in [2.75, 3.05) is 12.4 Å². The Bertz CT molecular complexity index is 729. The first kappa shape index (κ1) is 18.5. The van der Waals surface area contributed by atoms with Gasteiger partial charge in [0.1, 0.15) is 0 Å². The lowest BCUT2D eigenvalue weighted by Gasteiger charge is -2.19. The Morgan fingerprint density at radius 1 is 0.960 bits per heavy atom. The zero-order chi connectivity index (χ0) is 18.4. The van der Waals surface area contributed by atoms with Gasteiger partial charge in [0.25, 0.3) is 0 Å². The van der Waals surface area contributed by atoms with Crippen LogP contribution in [-0.4, -0.2) is 19.1 Å². The van der Waals surface area contributed by atoms with Gasteiger partial charge in [-0.15, -0.1) is 0 Å². The molecule has 2 N–H and O–H groups in total. The summed E-state index contributed by atoms with van der Waals surface area (Å²) in [5.74, 6) is -0.379. The zero-order valence-corrected chi connectivity index (χ0v) is 15.1. The molecule has 2 aromatic rings. The van der Waals surface area contributed by atoms with Gasteiger partial charge in [0.05, 0.1) is 12.7 Å². The number of anilines is 1. The van der Waals surface area contributed by atoms with Crippen molar-refractivity contribution in [1.29, 1.82) is 0 Å². The van der Waals surface area contributed by atoms with Crippen LogP contribution in [-0.2, 0) is 16.7 Å². The first-order valence-electron chi connectivity index (χ1n) is 8.12. The Labute approximate surface area is 148 Å². The van der Waals surface area contributed by atoms with Gasteiger partial charge in [-0.3, -0.25) is 0 Å². The maximum absolute atomic E-state index is 12.0. The van der Waals surface area contributed by atoms with Crippen molar-refractivity contribution in [3.63, 3.8) is 0 Å². The highest BCUT2D eigenvalue weighted by Gasteiger charge is 2.13. The minimum Gasteiger partial charge on any atom is -0.465 e. The fraction of sp³-hybridized carbons (Fsp3) is 0.300. The summed E-state index contributed by atoms with van der Waals surface area (Å²) in [6.07, 6.45) is 0. The van der Waals surface area contributed by atoms with E-state index >= 15 is 0 Å². The van der Waals surface area contributed by atoms with Crippen LogP contribution in [0.2, 0.25) is 0 Å². The SMILES string of the molecule is COC(=O)c1ccc(CNC(=O)Nc2ccc(C(C)(C)C)cc2)cc1. The molecule has 0 aliphatic rings. The van der Waals surface area contributed by atoms with Crippen LogP contribution in [0.25, 0.3) is 0 Å². The monoisotopic (exact) mass is 340 g/mol. The van der Waals surface area contributed by atoms with E-state index in [1.807, 2.05) is 24.3 Å². The molecule has 0 saturated heterocycles. The van der Waals surface area contributed by atoms with E-state index in [0.717, 1.165) is 11.3 Å². The van der Waals surface area contributed by atoms with Crippen molar-refractivity contribution in [2.24, 2.45) is 0 Å². The second-order valence-corrected chi connectivity index (χ2v) is 6.82. The number of benzene rings is 2. The van der Waals surface area contributed by atoms with Gasteiger partial charge in [-0.2, -0.15) is 0 Å². The van der Waals surface area contributed by atoms with Crippen molar-refractivity contribution < 1.29 is 14.3 Å².